The highest BCUT2D eigenvalue weighted by molar-refractivity contribution is 6.84. The van der Waals surface area contributed by atoms with E-state index in [0.717, 1.165) is 19.1 Å². The topological polar surface area (TPSA) is 26.3 Å². The molecule has 1 aromatic rings. The predicted octanol–water partition coefficient (Wildman–Crippen LogP) is 2.65. The molecule has 0 aliphatic heterocycles. The molecule has 0 radical (unpaired) electrons. The van der Waals surface area contributed by atoms with Crippen LogP contribution in [0.5, 0.6) is 0 Å². The first-order valence-electron chi connectivity index (χ1n) is 6.47. The third-order valence-corrected chi connectivity index (χ3v) is 6.13. The molecule has 0 saturated carbocycles. The van der Waals surface area contributed by atoms with Crippen molar-refractivity contribution in [2.24, 2.45) is 5.92 Å². The quantitative estimate of drug-likeness (QED) is 0.472. The molecule has 1 aliphatic rings. The van der Waals surface area contributed by atoms with Crippen LogP contribution in [0.25, 0.3) is 0 Å². The minimum Gasteiger partial charge on any atom is -0.409 e. The molecule has 0 amide bonds. The lowest BCUT2D eigenvalue weighted by Gasteiger charge is -2.33. The van der Waals surface area contributed by atoms with E-state index in [9.17, 15) is 4.79 Å². The Morgan fingerprint density at radius 3 is 2.50 bits per heavy atom. The third-order valence-electron chi connectivity index (χ3n) is 3.51. The van der Waals surface area contributed by atoms with Gasteiger partial charge in [0.2, 0.25) is 8.32 Å². The normalized spacial score (nSPS) is 23.9. The molecular weight excluding hydrogens is 240 g/mol. The molecule has 18 heavy (non-hydrogen) atoms. The summed E-state index contributed by atoms with van der Waals surface area (Å²) in [5, 5.41) is 1.28. The second-order valence-corrected chi connectivity index (χ2v) is 9.11. The lowest BCUT2D eigenvalue weighted by molar-refractivity contribution is -0.113. The van der Waals surface area contributed by atoms with Crippen LogP contribution in [-0.2, 0) is 9.22 Å². The Bertz CT molecular complexity index is 425. The summed E-state index contributed by atoms with van der Waals surface area (Å²) in [5.41, 5.74) is 0. The van der Waals surface area contributed by atoms with Gasteiger partial charge < -0.3 is 9.22 Å². The zero-order valence-electron chi connectivity index (χ0n) is 11.0. The molecule has 0 N–H and O–H groups in total. The van der Waals surface area contributed by atoms with Crippen molar-refractivity contribution in [1.29, 1.82) is 0 Å². The zero-order valence-corrected chi connectivity index (χ0v) is 12.0. The van der Waals surface area contributed by atoms with Crippen LogP contribution in [0, 0.1) is 5.92 Å². The van der Waals surface area contributed by atoms with E-state index < -0.39 is 8.32 Å². The van der Waals surface area contributed by atoms with E-state index in [1.807, 2.05) is 18.2 Å². The van der Waals surface area contributed by atoms with Gasteiger partial charge in [0.25, 0.3) is 0 Å². The first-order chi connectivity index (χ1) is 8.63. The molecule has 0 saturated heterocycles. The SMILES string of the molecule is C[Si](C)(O[C@@H]1CC=CC[C@H]1C=O)c1ccccc1. The minimum absolute atomic E-state index is 0.0190. The summed E-state index contributed by atoms with van der Waals surface area (Å²) in [7, 11) is -1.92. The van der Waals surface area contributed by atoms with Crippen LogP contribution < -0.4 is 5.19 Å². The highest BCUT2D eigenvalue weighted by atomic mass is 28.4. The van der Waals surface area contributed by atoms with Crippen molar-refractivity contribution in [1.82, 2.24) is 0 Å². The van der Waals surface area contributed by atoms with Crippen LogP contribution in [0.2, 0.25) is 13.1 Å². The van der Waals surface area contributed by atoms with E-state index in [4.69, 9.17) is 4.43 Å². The largest absolute Gasteiger partial charge is 0.409 e. The molecule has 2 nitrogen and oxygen atoms in total. The standard InChI is InChI=1S/C15H20O2Si/c1-18(2,14-9-4-3-5-10-14)17-15-11-7-6-8-13(15)12-16/h3-7,9-10,12-13,15H,8,11H2,1-2H3/t13-,15+/m0/s1. The monoisotopic (exact) mass is 260 g/mol. The summed E-state index contributed by atoms with van der Waals surface area (Å²) in [4.78, 5) is 11.1. The van der Waals surface area contributed by atoms with E-state index in [1.165, 1.54) is 5.19 Å². The zero-order chi connectivity index (χ0) is 13.0. The number of benzene rings is 1. The first kappa shape index (κ1) is 13.2. The number of carbonyl (C=O) groups is 1. The fraction of sp³-hybridized carbons (Fsp3) is 0.400. The fourth-order valence-electron chi connectivity index (χ4n) is 2.37. The number of aldehydes is 1. The van der Waals surface area contributed by atoms with E-state index in [1.54, 1.807) is 0 Å². The number of carbonyl (C=O) groups excluding carboxylic acids is 1. The average Bonchev–Trinajstić information content (AvgIpc) is 2.40. The molecule has 3 heteroatoms. The Labute approximate surface area is 110 Å². The summed E-state index contributed by atoms with van der Waals surface area (Å²) >= 11 is 0. The molecule has 0 heterocycles. The van der Waals surface area contributed by atoms with Crippen molar-refractivity contribution in [2.75, 3.05) is 0 Å². The summed E-state index contributed by atoms with van der Waals surface area (Å²) in [6.45, 7) is 4.39. The van der Waals surface area contributed by atoms with Crippen molar-refractivity contribution >= 4 is 19.8 Å². The average molecular weight is 260 g/mol. The van der Waals surface area contributed by atoms with Crippen LogP contribution in [-0.4, -0.2) is 20.7 Å². The van der Waals surface area contributed by atoms with E-state index in [0.29, 0.717) is 0 Å². The maximum Gasteiger partial charge on any atom is 0.218 e. The Kier molecular flexibility index (Phi) is 4.14. The van der Waals surface area contributed by atoms with Gasteiger partial charge in [-0.05, 0) is 31.1 Å². The van der Waals surface area contributed by atoms with Crippen LogP contribution in [0.4, 0.5) is 0 Å². The molecule has 0 bridgehead atoms. The molecule has 0 aromatic heterocycles. The van der Waals surface area contributed by atoms with Crippen molar-refractivity contribution < 1.29 is 9.22 Å². The van der Waals surface area contributed by atoms with Crippen molar-refractivity contribution in [3.8, 4) is 0 Å². The van der Waals surface area contributed by atoms with Crippen LogP contribution in [0.3, 0.4) is 0 Å². The lowest BCUT2D eigenvalue weighted by Crippen LogP contribution is -2.49. The molecule has 1 aromatic carbocycles. The molecule has 1 aliphatic carbocycles. The van der Waals surface area contributed by atoms with E-state index in [-0.39, 0.29) is 12.0 Å². The molecule has 0 fully saturated rings. The number of rotatable bonds is 4. The molecule has 0 spiro atoms. The third kappa shape index (κ3) is 2.97. The molecule has 2 rings (SSSR count). The molecule has 0 unspecified atom stereocenters. The predicted molar refractivity (Wildman–Crippen MR) is 76.4 cm³/mol. The van der Waals surface area contributed by atoms with Crippen molar-refractivity contribution in [3.63, 3.8) is 0 Å². The van der Waals surface area contributed by atoms with E-state index in [2.05, 4.69) is 37.4 Å². The van der Waals surface area contributed by atoms with Gasteiger partial charge >= 0.3 is 0 Å². The second kappa shape index (κ2) is 5.63. The molecular formula is C15H20O2Si. The summed E-state index contributed by atoms with van der Waals surface area (Å²) < 4.78 is 6.32. The Balaban J connectivity index is 2.12. The first-order valence-corrected chi connectivity index (χ1v) is 9.38. The smallest absolute Gasteiger partial charge is 0.218 e. The van der Waals surface area contributed by atoms with E-state index >= 15 is 0 Å². The lowest BCUT2D eigenvalue weighted by atomic mass is 9.93. The summed E-state index contributed by atoms with van der Waals surface area (Å²) in [5.74, 6) is 0.0190. The minimum atomic E-state index is -1.92. The maximum atomic E-state index is 11.1. The molecule has 96 valence electrons. The maximum absolute atomic E-state index is 11.1. The van der Waals surface area contributed by atoms with Gasteiger partial charge in [-0.15, -0.1) is 0 Å². The Morgan fingerprint density at radius 1 is 1.17 bits per heavy atom. The van der Waals surface area contributed by atoms with Crippen molar-refractivity contribution in [3.05, 3.63) is 42.5 Å². The van der Waals surface area contributed by atoms with Gasteiger partial charge in [0.1, 0.15) is 6.29 Å². The van der Waals surface area contributed by atoms with Crippen LogP contribution in [0.1, 0.15) is 12.8 Å². The Morgan fingerprint density at radius 2 is 1.83 bits per heavy atom. The van der Waals surface area contributed by atoms with Gasteiger partial charge in [-0.3, -0.25) is 0 Å². The second-order valence-electron chi connectivity index (χ2n) is 5.28. The van der Waals surface area contributed by atoms with Gasteiger partial charge in [-0.2, -0.15) is 0 Å². The van der Waals surface area contributed by atoms with Gasteiger partial charge in [-0.1, -0.05) is 42.5 Å². The number of hydrogen-bond acceptors (Lipinski definition) is 2. The van der Waals surface area contributed by atoms with Gasteiger partial charge in [0.05, 0.1) is 6.10 Å². The van der Waals surface area contributed by atoms with Crippen LogP contribution in [0.15, 0.2) is 42.5 Å². The molecule has 2 atom stereocenters. The van der Waals surface area contributed by atoms with Gasteiger partial charge in [0, 0.05) is 5.92 Å². The van der Waals surface area contributed by atoms with Gasteiger partial charge in [0.15, 0.2) is 0 Å². The van der Waals surface area contributed by atoms with Crippen LogP contribution >= 0.6 is 0 Å². The number of allylic oxidation sites excluding steroid dienone is 1. The van der Waals surface area contributed by atoms with Gasteiger partial charge in [-0.25, -0.2) is 0 Å². The number of hydrogen-bond donors (Lipinski definition) is 0. The highest BCUT2D eigenvalue weighted by Crippen LogP contribution is 2.23. The Hall–Kier alpha value is -1.19. The summed E-state index contributed by atoms with van der Waals surface area (Å²) in [6, 6.07) is 10.4. The highest BCUT2D eigenvalue weighted by Gasteiger charge is 2.32. The fourth-order valence-corrected chi connectivity index (χ4v) is 4.53. The summed E-state index contributed by atoms with van der Waals surface area (Å²) in [6.07, 6.45) is 6.97. The van der Waals surface area contributed by atoms with Crippen molar-refractivity contribution in [2.45, 2.75) is 32.0 Å².